The number of hydrogen-bond acceptors (Lipinski definition) is 12. The maximum atomic E-state index is 14.4. The molecule has 2 aromatic rings. The molecule has 0 amide bonds. The summed E-state index contributed by atoms with van der Waals surface area (Å²) in [6.07, 6.45) is -2.26. The van der Waals surface area contributed by atoms with E-state index in [-0.39, 0.29) is 28.9 Å². The van der Waals surface area contributed by atoms with Gasteiger partial charge in [-0.25, -0.2) is 22.8 Å². The van der Waals surface area contributed by atoms with Gasteiger partial charge in [-0.2, -0.15) is 0 Å². The largest absolute Gasteiger partial charge is 0.454 e. The second kappa shape index (κ2) is 9.03. The molecule has 0 spiro atoms. The van der Waals surface area contributed by atoms with Gasteiger partial charge in [0.25, 0.3) is 0 Å². The van der Waals surface area contributed by atoms with Gasteiger partial charge in [0.1, 0.15) is 10.8 Å². The van der Waals surface area contributed by atoms with Gasteiger partial charge >= 0.3 is 29.5 Å². The van der Waals surface area contributed by atoms with E-state index in [0.29, 0.717) is 23.8 Å². The topological polar surface area (TPSA) is 170 Å². The van der Waals surface area contributed by atoms with E-state index in [1.807, 2.05) is 0 Å². The number of fused-ring (bicyclic) bond motifs is 7. The number of esters is 4. The first-order valence-electron chi connectivity index (χ1n) is 15.8. The van der Waals surface area contributed by atoms with Gasteiger partial charge in [0, 0.05) is 22.3 Å². The molecule has 4 fully saturated rings. The van der Waals surface area contributed by atoms with E-state index in [0.717, 1.165) is 0 Å². The van der Waals surface area contributed by atoms with Crippen LogP contribution in [0.25, 0.3) is 11.0 Å². The third kappa shape index (κ3) is 3.43. The fourth-order valence-electron chi connectivity index (χ4n) is 8.81. The van der Waals surface area contributed by atoms with Gasteiger partial charge in [0.15, 0.2) is 22.0 Å². The zero-order valence-electron chi connectivity index (χ0n) is 27.6. The maximum absolute atomic E-state index is 14.4. The normalized spacial score (nSPS) is 38.5. The van der Waals surface area contributed by atoms with Crippen molar-refractivity contribution in [2.24, 2.45) is 21.7 Å². The Bertz CT molecular complexity index is 2010. The highest BCUT2D eigenvalue weighted by molar-refractivity contribution is 7.92. The first kappa shape index (κ1) is 31.8. The van der Waals surface area contributed by atoms with Gasteiger partial charge in [-0.05, 0) is 71.1 Å². The molecule has 0 N–H and O–H groups in total. The van der Waals surface area contributed by atoms with Crippen LogP contribution in [0.3, 0.4) is 0 Å². The summed E-state index contributed by atoms with van der Waals surface area (Å²) in [6.45, 7) is 13.4. The quantitative estimate of drug-likeness (QED) is 0.261. The fourth-order valence-corrected chi connectivity index (χ4v) is 10.5. The van der Waals surface area contributed by atoms with Gasteiger partial charge in [-0.15, -0.1) is 0 Å². The second-order valence-corrected chi connectivity index (χ2v) is 17.7. The van der Waals surface area contributed by atoms with Gasteiger partial charge < -0.3 is 23.4 Å². The molecule has 0 unspecified atom stereocenters. The lowest BCUT2D eigenvalue weighted by atomic mass is 9.66. The molecule has 1 aromatic heterocycles. The number of rotatable bonds is 4. The van der Waals surface area contributed by atoms with Gasteiger partial charge in [-0.3, -0.25) is 9.59 Å². The molecular weight excluding hydrogens is 632 g/mol. The fraction of sp³-hybridized carbons (Fsp3) is 0.618. The van der Waals surface area contributed by atoms with E-state index in [1.165, 1.54) is 25.1 Å². The van der Waals surface area contributed by atoms with Crippen LogP contribution in [0.5, 0.6) is 0 Å². The molecule has 3 aliphatic heterocycles. The minimum absolute atomic E-state index is 0.141. The number of ether oxygens (including phenoxy) is 4. The highest BCUT2D eigenvalue weighted by Crippen LogP contribution is 2.67. The van der Waals surface area contributed by atoms with Crippen molar-refractivity contribution < 1.29 is 51.0 Å². The van der Waals surface area contributed by atoms with Crippen molar-refractivity contribution in [1.82, 2.24) is 0 Å². The van der Waals surface area contributed by atoms with Crippen LogP contribution in [-0.2, 0) is 48.0 Å². The highest BCUT2D eigenvalue weighted by atomic mass is 32.2. The predicted octanol–water partition coefficient (Wildman–Crippen LogP) is 4.02. The van der Waals surface area contributed by atoms with Crippen LogP contribution < -0.4 is 5.63 Å². The van der Waals surface area contributed by atoms with Crippen molar-refractivity contribution in [3.63, 3.8) is 0 Å². The Labute approximate surface area is 271 Å². The third-order valence-electron chi connectivity index (χ3n) is 13.3. The van der Waals surface area contributed by atoms with Crippen molar-refractivity contribution in [3.05, 3.63) is 39.7 Å². The second-order valence-electron chi connectivity index (χ2n) is 15.4. The number of benzene rings is 1. The lowest BCUT2D eigenvalue weighted by Crippen LogP contribution is -2.55. The number of sulfone groups is 1. The number of carbonyl (C=O) groups excluding carboxylic acids is 4. The molecule has 47 heavy (non-hydrogen) atoms. The number of carbonyl (C=O) groups is 4. The molecule has 13 heteroatoms. The van der Waals surface area contributed by atoms with Gasteiger partial charge in [0.2, 0.25) is 11.2 Å². The average molecular weight is 671 g/mol. The van der Waals surface area contributed by atoms with Crippen LogP contribution in [0.15, 0.2) is 32.3 Å². The van der Waals surface area contributed by atoms with Crippen molar-refractivity contribution in [2.75, 3.05) is 0 Å². The molecule has 2 saturated heterocycles. The third-order valence-corrected chi connectivity index (χ3v) is 15.5. The smallest absolute Gasteiger partial charge is 0.351 e. The summed E-state index contributed by atoms with van der Waals surface area (Å²) in [4.78, 5) is 67.1. The zero-order chi connectivity index (χ0) is 34.5. The van der Waals surface area contributed by atoms with Crippen molar-refractivity contribution >= 4 is 44.7 Å². The molecule has 5 aliphatic rings. The van der Waals surface area contributed by atoms with Crippen LogP contribution in [0.4, 0.5) is 0 Å². The molecule has 12 nitrogen and oxygen atoms in total. The molecule has 7 rings (SSSR count). The monoisotopic (exact) mass is 670 g/mol. The van der Waals surface area contributed by atoms with Crippen molar-refractivity contribution in [2.45, 2.75) is 115 Å². The van der Waals surface area contributed by atoms with Gasteiger partial charge in [-0.1, -0.05) is 27.7 Å². The van der Waals surface area contributed by atoms with E-state index in [2.05, 4.69) is 0 Å². The van der Waals surface area contributed by atoms with Gasteiger partial charge in [0.05, 0.1) is 21.3 Å². The molecule has 0 radical (unpaired) electrons. The Balaban J connectivity index is 1.40. The highest BCUT2D eigenvalue weighted by Gasteiger charge is 2.78. The minimum Gasteiger partial charge on any atom is -0.454 e. The Hall–Kier alpha value is -3.74. The summed E-state index contributed by atoms with van der Waals surface area (Å²) >= 11 is 0. The first-order chi connectivity index (χ1) is 21.6. The van der Waals surface area contributed by atoms with Crippen LogP contribution in [0.1, 0.15) is 91.4 Å². The molecule has 7 atom stereocenters. The van der Waals surface area contributed by atoms with Crippen LogP contribution in [0, 0.1) is 28.6 Å². The van der Waals surface area contributed by atoms with Crippen LogP contribution in [-0.4, -0.2) is 54.9 Å². The summed E-state index contributed by atoms with van der Waals surface area (Å²) in [5.74, 6) is -3.01. The molecular formula is C34H38O12S. The molecule has 2 aliphatic carbocycles. The van der Waals surface area contributed by atoms with E-state index >= 15 is 0 Å². The lowest BCUT2D eigenvalue weighted by Gasteiger charge is -2.41. The number of hydrogen-bond donors (Lipinski definition) is 0. The number of aryl methyl sites for hydroxylation is 1. The maximum Gasteiger partial charge on any atom is 0.351 e. The molecule has 2 saturated carbocycles. The molecule has 1 aromatic carbocycles. The summed E-state index contributed by atoms with van der Waals surface area (Å²) in [5.41, 5.74) is -7.97. The molecule has 4 heterocycles. The first-order valence-corrected chi connectivity index (χ1v) is 17.4. The van der Waals surface area contributed by atoms with Crippen LogP contribution >= 0.6 is 0 Å². The minimum atomic E-state index is -4.29. The van der Waals surface area contributed by atoms with E-state index in [1.54, 1.807) is 48.5 Å². The van der Waals surface area contributed by atoms with E-state index in [4.69, 9.17) is 23.4 Å². The Morgan fingerprint density at radius 1 is 0.809 bits per heavy atom. The van der Waals surface area contributed by atoms with E-state index < -0.39 is 89.7 Å². The summed E-state index contributed by atoms with van der Waals surface area (Å²) in [7, 11) is -4.29. The summed E-state index contributed by atoms with van der Waals surface area (Å²) in [6, 6.07) is 4.10. The Kier molecular flexibility index (Phi) is 6.12. The SMILES string of the molecule is Cc1cc(=O)oc2c3c(ccc12)S(=O)(=O)[C@@H](C)[C@H](OC(=O)[C@@]12CC[C@@](C)(C(=O)O1)C2(C)C)[C@@H]3OC(=O)[C@@]12CC[C@@](C)(C(=O)O1)C2(C)C. The van der Waals surface area contributed by atoms with Crippen LogP contribution in [0.2, 0.25) is 0 Å². The molecule has 4 bridgehead atoms. The standard InChI is InChI=1S/C34H38O12S/c1-16-15-20(35)42-23-18(16)9-10-19-21(23)24(44-28(39)34-14-12-32(8,26(37)46-34)30(34,5)6)22(17(2)47(19,40)41)43-27(38)33-13-11-31(7,25(36)45-33)29(33,3)4/h9-10,15,17,22,24H,11-14H2,1-8H3/t17-,22-,24+,31-,32-,33+,34+/m0/s1. The Morgan fingerprint density at radius 3 is 1.79 bits per heavy atom. The van der Waals surface area contributed by atoms with E-state index in [9.17, 15) is 32.4 Å². The lowest BCUT2D eigenvalue weighted by molar-refractivity contribution is -0.202. The Morgan fingerprint density at radius 2 is 1.32 bits per heavy atom. The average Bonchev–Trinajstić information content (AvgIpc) is 3.45. The van der Waals surface area contributed by atoms with Crippen molar-refractivity contribution in [1.29, 1.82) is 0 Å². The summed E-state index contributed by atoms with van der Waals surface area (Å²) in [5, 5.41) is -1.07. The summed E-state index contributed by atoms with van der Waals surface area (Å²) < 4.78 is 57.6. The predicted molar refractivity (Wildman–Crippen MR) is 162 cm³/mol. The zero-order valence-corrected chi connectivity index (χ0v) is 28.4. The van der Waals surface area contributed by atoms with Crippen molar-refractivity contribution in [3.8, 4) is 0 Å². The molecule has 252 valence electrons.